The minimum atomic E-state index is -0.0871. The van der Waals surface area contributed by atoms with E-state index in [2.05, 4.69) is 22.4 Å². The lowest BCUT2D eigenvalue weighted by Crippen LogP contribution is -2.31. The molecule has 4 nitrogen and oxygen atoms in total. The number of hydrogen-bond acceptors (Lipinski definition) is 5. The first-order valence-electron chi connectivity index (χ1n) is 9.47. The van der Waals surface area contributed by atoms with Crippen LogP contribution in [0.2, 0.25) is 0 Å². The Bertz CT molecular complexity index is 1100. The van der Waals surface area contributed by atoms with E-state index in [0.29, 0.717) is 30.3 Å². The molecule has 0 aliphatic carbocycles. The van der Waals surface area contributed by atoms with Crippen molar-refractivity contribution in [2.75, 3.05) is 6.73 Å². The van der Waals surface area contributed by atoms with Gasteiger partial charge in [0, 0.05) is 18.0 Å². The number of carbonyl (C=O) groups is 1. The lowest BCUT2D eigenvalue weighted by Gasteiger charge is -2.29. The van der Waals surface area contributed by atoms with Crippen LogP contribution in [-0.2, 0) is 13.1 Å². The van der Waals surface area contributed by atoms with Gasteiger partial charge in [-0.1, -0.05) is 48.6 Å². The van der Waals surface area contributed by atoms with E-state index in [1.807, 2.05) is 48.6 Å². The van der Waals surface area contributed by atoms with Crippen molar-refractivity contribution < 1.29 is 14.3 Å². The molecule has 1 aromatic heterocycles. The SMILES string of the molecule is O=C1/C(=C\C=C\c2ccccc2)Oc2c1ccc1c2CN(Cc2cccs2)CO1. The smallest absolute Gasteiger partial charge is 0.231 e. The van der Waals surface area contributed by atoms with Crippen molar-refractivity contribution in [3.63, 3.8) is 0 Å². The number of ether oxygens (including phenoxy) is 2. The van der Waals surface area contributed by atoms with E-state index >= 15 is 0 Å². The number of rotatable bonds is 4. The van der Waals surface area contributed by atoms with E-state index in [1.165, 1.54) is 4.88 Å². The third-order valence-corrected chi connectivity index (χ3v) is 5.84. The number of thiophene rings is 1. The molecule has 29 heavy (non-hydrogen) atoms. The standard InChI is InChI=1S/C24H19NO3S/c26-23-19-11-12-21-20(15-25(16-27-21)14-18-9-5-13-29-18)24(19)28-22(23)10-4-8-17-6-2-1-3-7-17/h1-13H,14-16H2/b8-4+,22-10+. The summed E-state index contributed by atoms with van der Waals surface area (Å²) < 4.78 is 11.9. The Morgan fingerprint density at radius 1 is 1.07 bits per heavy atom. The van der Waals surface area contributed by atoms with Crippen molar-refractivity contribution in [3.05, 3.63) is 99.5 Å². The molecule has 3 aromatic rings. The van der Waals surface area contributed by atoms with Crippen LogP contribution in [0.5, 0.6) is 11.5 Å². The van der Waals surface area contributed by atoms with Crippen molar-refractivity contribution in [2.45, 2.75) is 13.1 Å². The summed E-state index contributed by atoms with van der Waals surface area (Å²) in [5.41, 5.74) is 2.61. The first-order valence-corrected chi connectivity index (χ1v) is 10.4. The molecule has 0 atom stereocenters. The number of fused-ring (bicyclic) bond motifs is 3. The maximum atomic E-state index is 12.8. The van der Waals surface area contributed by atoms with Gasteiger partial charge in [0.1, 0.15) is 18.2 Å². The van der Waals surface area contributed by atoms with Crippen LogP contribution < -0.4 is 9.47 Å². The van der Waals surface area contributed by atoms with Gasteiger partial charge in [-0.3, -0.25) is 9.69 Å². The van der Waals surface area contributed by atoms with Crippen LogP contribution in [0.15, 0.2) is 77.9 Å². The van der Waals surface area contributed by atoms with Gasteiger partial charge in [0.25, 0.3) is 0 Å². The van der Waals surface area contributed by atoms with Gasteiger partial charge in [0.15, 0.2) is 5.76 Å². The Hall–Kier alpha value is -3.15. The maximum Gasteiger partial charge on any atom is 0.231 e. The van der Waals surface area contributed by atoms with Crippen LogP contribution in [-0.4, -0.2) is 17.4 Å². The zero-order valence-electron chi connectivity index (χ0n) is 15.7. The number of hydrogen-bond donors (Lipinski definition) is 0. The van der Waals surface area contributed by atoms with E-state index in [-0.39, 0.29) is 5.78 Å². The highest BCUT2D eigenvalue weighted by Gasteiger charge is 2.33. The van der Waals surface area contributed by atoms with Crippen molar-refractivity contribution in [1.82, 2.24) is 4.90 Å². The molecule has 0 amide bonds. The van der Waals surface area contributed by atoms with Crippen molar-refractivity contribution in [3.8, 4) is 11.5 Å². The molecule has 5 rings (SSSR count). The zero-order valence-corrected chi connectivity index (χ0v) is 16.5. The predicted octanol–water partition coefficient (Wildman–Crippen LogP) is 5.27. The Morgan fingerprint density at radius 3 is 2.79 bits per heavy atom. The predicted molar refractivity (Wildman–Crippen MR) is 114 cm³/mol. The highest BCUT2D eigenvalue weighted by atomic mass is 32.1. The summed E-state index contributed by atoms with van der Waals surface area (Å²) in [6, 6.07) is 17.8. The molecule has 0 saturated heterocycles. The van der Waals surface area contributed by atoms with Crippen LogP contribution in [0.1, 0.15) is 26.4 Å². The zero-order chi connectivity index (χ0) is 19.6. The monoisotopic (exact) mass is 401 g/mol. The fraction of sp³-hybridized carbons (Fsp3) is 0.125. The third kappa shape index (κ3) is 3.62. The third-order valence-electron chi connectivity index (χ3n) is 4.98. The lowest BCUT2D eigenvalue weighted by atomic mass is 10.0. The summed E-state index contributed by atoms with van der Waals surface area (Å²) in [4.78, 5) is 16.3. The molecule has 2 aromatic carbocycles. The molecule has 2 aliphatic rings. The Labute approximate surface area is 173 Å². The van der Waals surface area contributed by atoms with Gasteiger partial charge in [-0.05, 0) is 35.2 Å². The molecule has 0 N–H and O–H groups in total. The molecular weight excluding hydrogens is 382 g/mol. The number of ketones is 1. The van der Waals surface area contributed by atoms with Crippen LogP contribution in [0.4, 0.5) is 0 Å². The molecule has 0 unspecified atom stereocenters. The summed E-state index contributed by atoms with van der Waals surface area (Å²) in [6.07, 6.45) is 5.53. The Kier molecular flexibility index (Phi) is 4.76. The summed E-state index contributed by atoms with van der Waals surface area (Å²) in [5, 5.41) is 2.08. The normalized spacial score (nSPS) is 17.2. The molecule has 144 valence electrons. The highest BCUT2D eigenvalue weighted by Crippen LogP contribution is 2.41. The maximum absolute atomic E-state index is 12.8. The molecule has 2 aliphatic heterocycles. The van der Waals surface area contributed by atoms with Gasteiger partial charge in [0.05, 0.1) is 11.1 Å². The summed E-state index contributed by atoms with van der Waals surface area (Å²) >= 11 is 1.73. The van der Waals surface area contributed by atoms with Crippen molar-refractivity contribution >= 4 is 23.2 Å². The van der Waals surface area contributed by atoms with Gasteiger partial charge < -0.3 is 9.47 Å². The average Bonchev–Trinajstić information content (AvgIpc) is 3.37. The molecule has 5 heteroatoms. The number of nitrogens with zero attached hydrogens (tertiary/aromatic N) is 1. The van der Waals surface area contributed by atoms with Crippen LogP contribution in [0, 0.1) is 0 Å². The number of benzene rings is 2. The van der Waals surface area contributed by atoms with Gasteiger partial charge in [-0.2, -0.15) is 0 Å². The largest absolute Gasteiger partial charge is 0.478 e. The van der Waals surface area contributed by atoms with Gasteiger partial charge in [-0.15, -0.1) is 11.3 Å². The van der Waals surface area contributed by atoms with Gasteiger partial charge in [-0.25, -0.2) is 0 Å². The molecule has 0 saturated carbocycles. The van der Waals surface area contributed by atoms with Crippen LogP contribution >= 0.6 is 11.3 Å². The number of carbonyl (C=O) groups excluding carboxylic acids is 1. The number of Topliss-reactive ketones (excluding diaryl/α,β-unsaturated/α-hetero) is 1. The summed E-state index contributed by atoms with van der Waals surface area (Å²) in [7, 11) is 0. The first kappa shape index (κ1) is 17.9. The topological polar surface area (TPSA) is 38.8 Å². The molecular formula is C24H19NO3S. The van der Waals surface area contributed by atoms with Crippen molar-refractivity contribution in [1.29, 1.82) is 0 Å². The molecule has 3 heterocycles. The van der Waals surface area contributed by atoms with E-state index < -0.39 is 0 Å². The van der Waals surface area contributed by atoms with E-state index in [4.69, 9.17) is 9.47 Å². The van der Waals surface area contributed by atoms with E-state index in [9.17, 15) is 4.79 Å². The van der Waals surface area contributed by atoms with Crippen LogP contribution in [0.3, 0.4) is 0 Å². The van der Waals surface area contributed by atoms with Gasteiger partial charge >= 0.3 is 0 Å². The highest BCUT2D eigenvalue weighted by molar-refractivity contribution is 7.09. The Balaban J connectivity index is 1.38. The van der Waals surface area contributed by atoms with E-state index in [1.54, 1.807) is 23.5 Å². The second kappa shape index (κ2) is 7.70. The molecule has 0 bridgehead atoms. The Morgan fingerprint density at radius 2 is 1.97 bits per heavy atom. The molecule has 0 fully saturated rings. The molecule has 0 radical (unpaired) electrons. The average molecular weight is 401 g/mol. The first-order chi connectivity index (χ1) is 14.3. The second-order valence-electron chi connectivity index (χ2n) is 6.99. The fourth-order valence-corrected chi connectivity index (χ4v) is 4.30. The van der Waals surface area contributed by atoms with Crippen molar-refractivity contribution in [2.24, 2.45) is 0 Å². The van der Waals surface area contributed by atoms with E-state index in [0.717, 1.165) is 23.4 Å². The van der Waals surface area contributed by atoms with Crippen LogP contribution in [0.25, 0.3) is 6.08 Å². The van der Waals surface area contributed by atoms with Gasteiger partial charge in [0.2, 0.25) is 5.78 Å². The fourth-order valence-electron chi connectivity index (χ4n) is 3.55. The summed E-state index contributed by atoms with van der Waals surface area (Å²) in [6.45, 7) is 2.04. The quantitative estimate of drug-likeness (QED) is 0.558. The minimum absolute atomic E-state index is 0.0871. The second-order valence-corrected chi connectivity index (χ2v) is 8.02. The lowest BCUT2D eigenvalue weighted by molar-refractivity contribution is 0.0882. The molecule has 0 spiro atoms. The summed E-state index contributed by atoms with van der Waals surface area (Å²) in [5.74, 6) is 1.68. The number of allylic oxidation sites excluding steroid dienone is 3. The minimum Gasteiger partial charge on any atom is -0.478 e.